The highest BCUT2D eigenvalue weighted by Crippen LogP contribution is 2.33. The number of nitrogen functional groups attached to an aromatic ring is 2. The lowest BCUT2D eigenvalue weighted by Gasteiger charge is -2.09. The number of hydrogen-bond donors (Lipinski definition) is 2. The van der Waals surface area contributed by atoms with Crippen molar-refractivity contribution in [3.8, 4) is 11.5 Å². The van der Waals surface area contributed by atoms with Gasteiger partial charge in [-0.1, -0.05) is 13.2 Å². The molecule has 0 aliphatic rings. The average molecular weight is 192 g/mol. The molecule has 0 fully saturated rings. The summed E-state index contributed by atoms with van der Waals surface area (Å²) < 4.78 is 10.1. The van der Waals surface area contributed by atoms with E-state index >= 15 is 0 Å². The Labute approximate surface area is 82.4 Å². The van der Waals surface area contributed by atoms with Gasteiger partial charge in [-0.05, 0) is 6.07 Å². The van der Waals surface area contributed by atoms with Crippen LogP contribution < -0.4 is 20.9 Å². The summed E-state index contributed by atoms with van der Waals surface area (Å²) in [5, 5.41) is 0. The predicted molar refractivity (Wildman–Crippen MR) is 56.9 cm³/mol. The molecule has 4 N–H and O–H groups in total. The monoisotopic (exact) mass is 192 g/mol. The van der Waals surface area contributed by atoms with E-state index in [0.717, 1.165) is 0 Å². The Balaban J connectivity index is 3.11. The zero-order valence-electron chi connectivity index (χ0n) is 7.69. The van der Waals surface area contributed by atoms with Crippen LogP contribution in [0.2, 0.25) is 0 Å². The smallest absolute Gasteiger partial charge is 0.153 e. The van der Waals surface area contributed by atoms with E-state index in [4.69, 9.17) is 20.9 Å². The molecule has 0 aromatic heterocycles. The van der Waals surface area contributed by atoms with Gasteiger partial charge in [0.15, 0.2) is 11.5 Å². The molecule has 0 aliphatic heterocycles. The largest absolute Gasteiger partial charge is 0.463 e. The second-order valence-corrected chi connectivity index (χ2v) is 2.50. The van der Waals surface area contributed by atoms with Crippen LogP contribution in [0.3, 0.4) is 0 Å². The van der Waals surface area contributed by atoms with Crippen LogP contribution in [-0.4, -0.2) is 0 Å². The fraction of sp³-hybridized carbons (Fsp3) is 0. The van der Waals surface area contributed by atoms with E-state index in [0.29, 0.717) is 22.9 Å². The normalized spacial score (nSPS) is 9.14. The van der Waals surface area contributed by atoms with Gasteiger partial charge in [0.05, 0.1) is 23.9 Å². The molecular formula is C10H12N2O2. The van der Waals surface area contributed by atoms with Crippen molar-refractivity contribution in [1.82, 2.24) is 0 Å². The van der Waals surface area contributed by atoms with Gasteiger partial charge in [-0.2, -0.15) is 0 Å². The zero-order valence-corrected chi connectivity index (χ0v) is 7.69. The van der Waals surface area contributed by atoms with Crippen molar-refractivity contribution in [3.05, 3.63) is 37.8 Å². The van der Waals surface area contributed by atoms with Crippen molar-refractivity contribution < 1.29 is 9.47 Å². The lowest BCUT2D eigenvalue weighted by atomic mass is 10.2. The van der Waals surface area contributed by atoms with Gasteiger partial charge in [0.1, 0.15) is 0 Å². The fourth-order valence-electron chi connectivity index (χ4n) is 0.979. The molecule has 0 saturated carbocycles. The van der Waals surface area contributed by atoms with Crippen LogP contribution in [0.15, 0.2) is 37.8 Å². The molecule has 0 radical (unpaired) electrons. The zero-order chi connectivity index (χ0) is 10.6. The molecule has 1 aromatic rings. The third-order valence-corrected chi connectivity index (χ3v) is 1.56. The van der Waals surface area contributed by atoms with E-state index in [1.54, 1.807) is 12.1 Å². The number of nitrogens with two attached hydrogens (primary N) is 2. The molecule has 1 aromatic carbocycles. The molecule has 0 heterocycles. The van der Waals surface area contributed by atoms with Crippen LogP contribution in [0.4, 0.5) is 11.4 Å². The van der Waals surface area contributed by atoms with Crippen molar-refractivity contribution in [1.29, 1.82) is 0 Å². The second-order valence-electron chi connectivity index (χ2n) is 2.50. The highest BCUT2D eigenvalue weighted by Gasteiger charge is 2.06. The lowest BCUT2D eigenvalue weighted by molar-refractivity contribution is 0.464. The lowest BCUT2D eigenvalue weighted by Crippen LogP contribution is -1.97. The number of anilines is 2. The summed E-state index contributed by atoms with van der Waals surface area (Å²) >= 11 is 0. The SMILES string of the molecule is C=COc1cc(OC=C)c(N)cc1N. The quantitative estimate of drug-likeness (QED) is 0.564. The van der Waals surface area contributed by atoms with Crippen LogP contribution >= 0.6 is 0 Å². The molecule has 0 spiro atoms. The molecular weight excluding hydrogens is 180 g/mol. The standard InChI is InChI=1S/C10H12N2O2/c1-3-13-9-6-10(14-4-2)8(12)5-7(9)11/h3-6H,1-2,11-12H2. The van der Waals surface area contributed by atoms with Crippen molar-refractivity contribution in [2.24, 2.45) is 0 Å². The van der Waals surface area contributed by atoms with Crippen LogP contribution in [0.5, 0.6) is 11.5 Å². The van der Waals surface area contributed by atoms with E-state index in [2.05, 4.69) is 13.2 Å². The van der Waals surface area contributed by atoms with Gasteiger partial charge in [0.25, 0.3) is 0 Å². The first-order valence-electron chi connectivity index (χ1n) is 3.93. The van der Waals surface area contributed by atoms with E-state index in [1.165, 1.54) is 12.5 Å². The second kappa shape index (κ2) is 4.23. The average Bonchev–Trinajstić information content (AvgIpc) is 2.14. The summed E-state index contributed by atoms with van der Waals surface area (Å²) in [5.74, 6) is 0.900. The summed E-state index contributed by atoms with van der Waals surface area (Å²) in [7, 11) is 0. The molecule has 0 amide bonds. The van der Waals surface area contributed by atoms with Crippen LogP contribution in [0, 0.1) is 0 Å². The Hall–Kier alpha value is -2.10. The minimum absolute atomic E-state index is 0.429. The van der Waals surface area contributed by atoms with Crippen LogP contribution in [0.1, 0.15) is 0 Å². The Morgan fingerprint density at radius 3 is 1.71 bits per heavy atom. The first-order chi connectivity index (χ1) is 6.69. The Morgan fingerprint density at radius 2 is 1.36 bits per heavy atom. The topological polar surface area (TPSA) is 70.5 Å². The van der Waals surface area contributed by atoms with E-state index in [1.807, 2.05) is 0 Å². The third kappa shape index (κ3) is 1.98. The van der Waals surface area contributed by atoms with Gasteiger partial charge in [0.2, 0.25) is 0 Å². The van der Waals surface area contributed by atoms with Gasteiger partial charge < -0.3 is 20.9 Å². The molecule has 14 heavy (non-hydrogen) atoms. The predicted octanol–water partition coefficient (Wildman–Crippen LogP) is 1.90. The molecule has 0 atom stereocenters. The van der Waals surface area contributed by atoms with E-state index in [-0.39, 0.29) is 0 Å². The molecule has 4 nitrogen and oxygen atoms in total. The molecule has 4 heteroatoms. The highest BCUT2D eigenvalue weighted by atomic mass is 16.5. The van der Waals surface area contributed by atoms with E-state index in [9.17, 15) is 0 Å². The first-order valence-corrected chi connectivity index (χ1v) is 3.93. The third-order valence-electron chi connectivity index (χ3n) is 1.56. The summed E-state index contributed by atoms with van der Waals surface area (Å²) in [6, 6.07) is 3.13. The first kappa shape index (κ1) is 9.98. The van der Waals surface area contributed by atoms with Crippen molar-refractivity contribution >= 4 is 11.4 Å². The van der Waals surface area contributed by atoms with E-state index < -0.39 is 0 Å². The van der Waals surface area contributed by atoms with Crippen molar-refractivity contribution in [2.45, 2.75) is 0 Å². The van der Waals surface area contributed by atoms with Crippen LogP contribution in [0.25, 0.3) is 0 Å². The number of ether oxygens (including phenoxy) is 2. The number of benzene rings is 1. The molecule has 74 valence electrons. The fourth-order valence-corrected chi connectivity index (χ4v) is 0.979. The summed E-state index contributed by atoms with van der Waals surface area (Å²) in [6.45, 7) is 6.85. The summed E-state index contributed by atoms with van der Waals surface area (Å²) in [4.78, 5) is 0. The molecule has 0 aliphatic carbocycles. The Kier molecular flexibility index (Phi) is 3.01. The van der Waals surface area contributed by atoms with Gasteiger partial charge in [-0.15, -0.1) is 0 Å². The Bertz CT molecular complexity index is 330. The summed E-state index contributed by atoms with van der Waals surface area (Å²) in [5.41, 5.74) is 12.1. The highest BCUT2D eigenvalue weighted by molar-refractivity contribution is 5.67. The molecule has 0 saturated heterocycles. The number of hydrogen-bond acceptors (Lipinski definition) is 4. The van der Waals surface area contributed by atoms with Gasteiger partial charge in [0, 0.05) is 6.07 Å². The molecule has 0 bridgehead atoms. The summed E-state index contributed by atoms with van der Waals surface area (Å²) in [6.07, 6.45) is 2.55. The minimum Gasteiger partial charge on any atom is -0.463 e. The van der Waals surface area contributed by atoms with Gasteiger partial charge >= 0.3 is 0 Å². The van der Waals surface area contributed by atoms with Crippen LogP contribution in [-0.2, 0) is 0 Å². The maximum atomic E-state index is 5.64. The molecule has 0 unspecified atom stereocenters. The maximum Gasteiger partial charge on any atom is 0.153 e. The number of rotatable bonds is 4. The van der Waals surface area contributed by atoms with Crippen molar-refractivity contribution in [3.63, 3.8) is 0 Å². The van der Waals surface area contributed by atoms with Crippen molar-refractivity contribution in [2.75, 3.05) is 11.5 Å². The molecule has 1 rings (SSSR count). The van der Waals surface area contributed by atoms with Gasteiger partial charge in [-0.3, -0.25) is 0 Å². The maximum absolute atomic E-state index is 5.64. The Morgan fingerprint density at radius 1 is 0.929 bits per heavy atom. The minimum atomic E-state index is 0.429. The van der Waals surface area contributed by atoms with Gasteiger partial charge in [-0.25, -0.2) is 0 Å².